The van der Waals surface area contributed by atoms with Crippen LogP contribution < -0.4 is 5.32 Å². The Hall–Kier alpha value is -1.46. The van der Waals surface area contributed by atoms with Crippen LogP contribution in [0.2, 0.25) is 0 Å². The molecule has 0 aliphatic carbocycles. The molecule has 1 aromatic heterocycles. The predicted molar refractivity (Wildman–Crippen MR) is 73.3 cm³/mol. The fourth-order valence-electron chi connectivity index (χ4n) is 1.98. The van der Waals surface area contributed by atoms with Crippen LogP contribution in [0, 0.1) is 11.9 Å². The molecule has 19 heavy (non-hydrogen) atoms. The lowest BCUT2D eigenvalue weighted by Gasteiger charge is -2.20. The quantitative estimate of drug-likeness (QED) is 0.778. The summed E-state index contributed by atoms with van der Waals surface area (Å²) in [5.74, 6) is -0.0183. The average Bonchev–Trinajstić information content (AvgIpc) is 2.77. The van der Waals surface area contributed by atoms with Crippen molar-refractivity contribution in [3.05, 3.63) is 29.7 Å². The Labute approximate surface area is 112 Å². The van der Waals surface area contributed by atoms with Gasteiger partial charge in [0.05, 0.1) is 17.0 Å². The number of H-pyrrole nitrogens is 1. The van der Waals surface area contributed by atoms with Crippen molar-refractivity contribution in [1.29, 1.82) is 0 Å². The van der Waals surface area contributed by atoms with Crippen LogP contribution in [0.25, 0.3) is 10.9 Å². The molecule has 0 amide bonds. The summed E-state index contributed by atoms with van der Waals surface area (Å²) < 4.78 is 13.6. The molecule has 2 rings (SSSR count). The summed E-state index contributed by atoms with van der Waals surface area (Å²) in [5.41, 5.74) is 1.10. The summed E-state index contributed by atoms with van der Waals surface area (Å²) in [6.07, 6.45) is -0.753. The minimum absolute atomic E-state index is 0.294. The smallest absolute Gasteiger partial charge is 0.217 e. The van der Waals surface area contributed by atoms with Gasteiger partial charge in [0.1, 0.15) is 0 Å². The minimum atomic E-state index is -0.753. The molecular weight excluding hydrogens is 245 g/mol. The number of aliphatic hydroxyl groups is 1. The molecule has 0 saturated heterocycles. The Morgan fingerprint density at radius 2 is 2.11 bits per heavy atom. The molecule has 0 saturated carbocycles. The first-order valence-corrected chi connectivity index (χ1v) is 6.54. The Morgan fingerprint density at radius 1 is 1.37 bits per heavy atom. The largest absolute Gasteiger partial charge is 0.387 e. The van der Waals surface area contributed by atoms with Gasteiger partial charge in [-0.25, -0.2) is 0 Å². The van der Waals surface area contributed by atoms with Gasteiger partial charge in [0.15, 0.2) is 0 Å². The molecule has 0 aliphatic heterocycles. The van der Waals surface area contributed by atoms with Gasteiger partial charge in [-0.05, 0) is 24.5 Å². The van der Waals surface area contributed by atoms with Crippen molar-refractivity contribution < 1.29 is 9.50 Å². The van der Waals surface area contributed by atoms with Crippen LogP contribution in [0.15, 0.2) is 18.2 Å². The molecule has 0 aliphatic rings. The van der Waals surface area contributed by atoms with Crippen LogP contribution in [-0.4, -0.2) is 27.9 Å². The van der Waals surface area contributed by atoms with E-state index in [9.17, 15) is 9.50 Å². The third-order valence-electron chi connectivity index (χ3n) is 3.56. The predicted octanol–water partition coefficient (Wildman–Crippen LogP) is 2.37. The maximum atomic E-state index is 13.6. The van der Waals surface area contributed by atoms with Crippen molar-refractivity contribution >= 4 is 10.9 Å². The maximum Gasteiger partial charge on any atom is 0.217 e. The van der Waals surface area contributed by atoms with Gasteiger partial charge in [-0.1, -0.05) is 26.0 Å². The zero-order valence-electron chi connectivity index (χ0n) is 11.4. The van der Waals surface area contributed by atoms with Crippen LogP contribution in [0.5, 0.6) is 0 Å². The molecule has 0 spiro atoms. The number of aromatic amines is 1. The van der Waals surface area contributed by atoms with E-state index in [0.717, 1.165) is 0 Å². The number of benzene rings is 1. The molecule has 4 nitrogen and oxygen atoms in total. The van der Waals surface area contributed by atoms with E-state index in [2.05, 4.69) is 36.3 Å². The number of hydrogen-bond donors (Lipinski definition) is 3. The highest BCUT2D eigenvalue weighted by molar-refractivity contribution is 5.82. The number of nitrogens with zero attached hydrogens (tertiary/aromatic N) is 1. The normalized spacial score (nSPS) is 15.1. The Balaban J connectivity index is 2.17. The first kappa shape index (κ1) is 14.0. The number of fused-ring (bicyclic) bond motifs is 1. The highest BCUT2D eigenvalue weighted by Gasteiger charge is 2.17. The summed E-state index contributed by atoms with van der Waals surface area (Å²) in [6, 6.07) is 5.51. The molecular formula is C14H20FN3O. The molecule has 2 aromatic rings. The van der Waals surface area contributed by atoms with Crippen molar-refractivity contribution in [3.63, 3.8) is 0 Å². The number of halogens is 1. The monoisotopic (exact) mass is 265 g/mol. The first-order valence-electron chi connectivity index (χ1n) is 6.54. The van der Waals surface area contributed by atoms with E-state index in [-0.39, 0.29) is 0 Å². The lowest BCUT2D eigenvalue weighted by molar-refractivity contribution is 0.168. The van der Waals surface area contributed by atoms with Crippen molar-refractivity contribution in [1.82, 2.24) is 15.5 Å². The molecule has 1 aromatic carbocycles. The van der Waals surface area contributed by atoms with Gasteiger partial charge < -0.3 is 10.4 Å². The second-order valence-corrected chi connectivity index (χ2v) is 5.24. The summed E-state index contributed by atoms with van der Waals surface area (Å²) in [6.45, 7) is 6.68. The van der Waals surface area contributed by atoms with E-state index >= 15 is 0 Å². The lowest BCUT2D eigenvalue weighted by atomic mass is 10.0. The van der Waals surface area contributed by atoms with Gasteiger partial charge in [0.2, 0.25) is 5.95 Å². The second kappa shape index (κ2) is 5.67. The molecule has 5 heteroatoms. The fourth-order valence-corrected chi connectivity index (χ4v) is 1.98. The van der Waals surface area contributed by atoms with E-state index in [1.807, 2.05) is 0 Å². The van der Waals surface area contributed by atoms with E-state index in [4.69, 9.17) is 0 Å². The number of aromatic nitrogens is 2. The highest BCUT2D eigenvalue weighted by atomic mass is 19.1. The number of nitrogens with one attached hydrogen (secondary N) is 2. The molecule has 2 atom stereocenters. The Bertz CT molecular complexity index is 553. The number of aliphatic hydroxyl groups excluding tert-OH is 1. The zero-order chi connectivity index (χ0) is 14.0. The van der Waals surface area contributed by atoms with Gasteiger partial charge in [-0.2, -0.15) is 9.49 Å². The fraction of sp³-hybridized carbons (Fsp3) is 0.500. The van der Waals surface area contributed by atoms with Gasteiger partial charge in [-0.3, -0.25) is 5.10 Å². The molecule has 0 bridgehead atoms. The van der Waals surface area contributed by atoms with Crippen LogP contribution in [0.3, 0.4) is 0 Å². The van der Waals surface area contributed by atoms with Gasteiger partial charge >= 0.3 is 0 Å². The van der Waals surface area contributed by atoms with E-state index in [1.54, 1.807) is 18.2 Å². The molecule has 0 unspecified atom stereocenters. The van der Waals surface area contributed by atoms with Crippen LogP contribution in [0.4, 0.5) is 4.39 Å². The van der Waals surface area contributed by atoms with Crippen molar-refractivity contribution in [2.45, 2.75) is 32.9 Å². The molecule has 104 valence electrons. The number of hydrogen-bond acceptors (Lipinski definition) is 3. The van der Waals surface area contributed by atoms with Gasteiger partial charge in [-0.15, -0.1) is 0 Å². The van der Waals surface area contributed by atoms with Gasteiger partial charge in [0.25, 0.3) is 0 Å². The SMILES string of the molecule is CC(C)[C@@H](C)NC[C@H](O)c1cccc2n[nH]c(F)c12. The van der Waals surface area contributed by atoms with E-state index in [0.29, 0.717) is 35.0 Å². The van der Waals surface area contributed by atoms with Crippen molar-refractivity contribution in [2.24, 2.45) is 5.92 Å². The summed E-state index contributed by atoms with van der Waals surface area (Å²) >= 11 is 0. The maximum absolute atomic E-state index is 13.6. The van der Waals surface area contributed by atoms with Crippen LogP contribution in [0.1, 0.15) is 32.4 Å². The van der Waals surface area contributed by atoms with Crippen molar-refractivity contribution in [3.8, 4) is 0 Å². The highest BCUT2D eigenvalue weighted by Crippen LogP contribution is 2.25. The topological polar surface area (TPSA) is 60.9 Å². The van der Waals surface area contributed by atoms with Gasteiger partial charge in [0, 0.05) is 12.6 Å². The Morgan fingerprint density at radius 3 is 2.79 bits per heavy atom. The average molecular weight is 265 g/mol. The number of rotatable bonds is 5. The van der Waals surface area contributed by atoms with E-state index < -0.39 is 12.1 Å². The summed E-state index contributed by atoms with van der Waals surface area (Å²) in [7, 11) is 0. The molecule has 0 radical (unpaired) electrons. The minimum Gasteiger partial charge on any atom is -0.387 e. The second-order valence-electron chi connectivity index (χ2n) is 5.24. The van der Waals surface area contributed by atoms with Crippen LogP contribution >= 0.6 is 0 Å². The Kier molecular flexibility index (Phi) is 4.17. The van der Waals surface area contributed by atoms with E-state index in [1.165, 1.54) is 0 Å². The lowest BCUT2D eigenvalue weighted by Crippen LogP contribution is -2.34. The molecule has 1 heterocycles. The third-order valence-corrected chi connectivity index (χ3v) is 3.56. The third kappa shape index (κ3) is 2.93. The summed E-state index contributed by atoms with van der Waals surface area (Å²) in [4.78, 5) is 0. The van der Waals surface area contributed by atoms with Crippen LogP contribution in [-0.2, 0) is 0 Å². The molecule has 3 N–H and O–H groups in total. The first-order chi connectivity index (χ1) is 9.00. The summed E-state index contributed by atoms with van der Waals surface area (Å²) in [5, 5.41) is 20.0. The standard InChI is InChI=1S/C14H20FN3O/c1-8(2)9(3)16-7-12(19)10-5-4-6-11-13(10)14(15)18-17-11/h4-6,8-9,12,16,19H,7H2,1-3H3,(H,17,18)/t9-,12+/m1/s1. The van der Waals surface area contributed by atoms with Crippen molar-refractivity contribution in [2.75, 3.05) is 6.54 Å². The zero-order valence-corrected chi connectivity index (χ0v) is 11.4. The molecule has 0 fully saturated rings.